The molecule has 0 atom stereocenters. The van der Waals surface area contributed by atoms with E-state index in [0.717, 1.165) is 23.3 Å². The van der Waals surface area contributed by atoms with Gasteiger partial charge in [0.1, 0.15) is 11.6 Å². The fourth-order valence-corrected chi connectivity index (χ4v) is 2.21. The molecule has 0 heterocycles. The van der Waals surface area contributed by atoms with E-state index in [1.165, 1.54) is 6.07 Å². The molecule has 2 aromatic carbocycles. The SMILES string of the molecule is Cc1cccc(C(C)C)c1NC(=O)c1cc(F)ccc1O. The van der Waals surface area contributed by atoms with Gasteiger partial charge in [-0.1, -0.05) is 32.0 Å². The van der Waals surface area contributed by atoms with Crippen LogP contribution in [0.5, 0.6) is 5.75 Å². The Kier molecular flexibility index (Phi) is 4.26. The lowest BCUT2D eigenvalue weighted by Gasteiger charge is -2.16. The molecule has 0 aliphatic rings. The number of phenolic OH excluding ortho intramolecular Hbond substituents is 1. The number of hydrogen-bond donors (Lipinski definition) is 2. The van der Waals surface area contributed by atoms with Crippen LogP contribution in [-0.2, 0) is 0 Å². The van der Waals surface area contributed by atoms with Crippen molar-refractivity contribution < 1.29 is 14.3 Å². The van der Waals surface area contributed by atoms with Crippen LogP contribution in [0.15, 0.2) is 36.4 Å². The smallest absolute Gasteiger partial charge is 0.259 e. The average Bonchev–Trinajstić information content (AvgIpc) is 2.43. The van der Waals surface area contributed by atoms with Crippen molar-refractivity contribution >= 4 is 11.6 Å². The Hall–Kier alpha value is -2.36. The number of phenols is 1. The molecule has 2 rings (SSSR count). The maximum Gasteiger partial charge on any atom is 0.259 e. The van der Waals surface area contributed by atoms with E-state index in [4.69, 9.17) is 0 Å². The first-order valence-electron chi connectivity index (χ1n) is 6.79. The summed E-state index contributed by atoms with van der Waals surface area (Å²) in [5.74, 6) is -1.09. The van der Waals surface area contributed by atoms with Crippen molar-refractivity contribution in [2.75, 3.05) is 5.32 Å². The topological polar surface area (TPSA) is 49.3 Å². The van der Waals surface area contributed by atoms with Gasteiger partial charge in [0.25, 0.3) is 5.91 Å². The van der Waals surface area contributed by atoms with Crippen molar-refractivity contribution in [3.05, 3.63) is 58.9 Å². The van der Waals surface area contributed by atoms with Gasteiger partial charge in [-0.25, -0.2) is 4.39 Å². The summed E-state index contributed by atoms with van der Waals surface area (Å²) in [6.07, 6.45) is 0. The van der Waals surface area contributed by atoms with Crippen LogP contribution in [0.25, 0.3) is 0 Å². The van der Waals surface area contributed by atoms with Crippen LogP contribution in [0.2, 0.25) is 0 Å². The minimum atomic E-state index is -0.563. The molecule has 0 aliphatic heterocycles. The van der Waals surface area contributed by atoms with E-state index in [1.54, 1.807) is 0 Å². The van der Waals surface area contributed by atoms with Crippen LogP contribution in [0.4, 0.5) is 10.1 Å². The highest BCUT2D eigenvalue weighted by Crippen LogP contribution is 2.28. The number of hydrogen-bond acceptors (Lipinski definition) is 2. The molecule has 0 aromatic heterocycles. The van der Waals surface area contributed by atoms with Crippen LogP contribution >= 0.6 is 0 Å². The summed E-state index contributed by atoms with van der Waals surface area (Å²) in [5, 5.41) is 12.5. The van der Waals surface area contributed by atoms with Crippen LogP contribution in [0.1, 0.15) is 41.3 Å². The van der Waals surface area contributed by atoms with Gasteiger partial charge in [0.05, 0.1) is 5.56 Å². The van der Waals surface area contributed by atoms with Gasteiger partial charge >= 0.3 is 0 Å². The summed E-state index contributed by atoms with van der Waals surface area (Å²) in [6.45, 7) is 5.96. The van der Waals surface area contributed by atoms with Crippen LogP contribution in [0, 0.1) is 12.7 Å². The van der Waals surface area contributed by atoms with Gasteiger partial charge < -0.3 is 10.4 Å². The van der Waals surface area contributed by atoms with Gasteiger partial charge in [0.15, 0.2) is 0 Å². The number of carbonyl (C=O) groups is 1. The molecular formula is C17H18FNO2. The summed E-state index contributed by atoms with van der Waals surface area (Å²) in [6, 6.07) is 9.08. The quantitative estimate of drug-likeness (QED) is 0.888. The monoisotopic (exact) mass is 287 g/mol. The highest BCUT2D eigenvalue weighted by Gasteiger charge is 2.16. The molecule has 0 spiro atoms. The van der Waals surface area contributed by atoms with Gasteiger partial charge in [-0.3, -0.25) is 4.79 Å². The van der Waals surface area contributed by atoms with Crippen molar-refractivity contribution in [1.29, 1.82) is 0 Å². The Bertz CT molecular complexity index is 680. The van der Waals surface area contributed by atoms with Crippen molar-refractivity contribution in [3.8, 4) is 5.75 Å². The van der Waals surface area contributed by atoms with Crippen LogP contribution in [-0.4, -0.2) is 11.0 Å². The number of amides is 1. The van der Waals surface area contributed by atoms with E-state index in [9.17, 15) is 14.3 Å². The fraction of sp³-hybridized carbons (Fsp3) is 0.235. The van der Waals surface area contributed by atoms with E-state index in [1.807, 2.05) is 39.0 Å². The van der Waals surface area contributed by atoms with E-state index >= 15 is 0 Å². The van der Waals surface area contributed by atoms with Gasteiger partial charge in [0, 0.05) is 5.69 Å². The zero-order chi connectivity index (χ0) is 15.6. The normalized spacial score (nSPS) is 10.7. The molecule has 0 radical (unpaired) electrons. The molecular weight excluding hydrogens is 269 g/mol. The molecule has 0 saturated carbocycles. The van der Waals surface area contributed by atoms with Gasteiger partial charge in [0.2, 0.25) is 0 Å². The highest BCUT2D eigenvalue weighted by atomic mass is 19.1. The van der Waals surface area contributed by atoms with E-state index in [0.29, 0.717) is 5.69 Å². The first-order valence-corrected chi connectivity index (χ1v) is 6.79. The highest BCUT2D eigenvalue weighted by molar-refractivity contribution is 6.06. The number of para-hydroxylation sites is 1. The number of nitrogens with one attached hydrogen (secondary N) is 1. The van der Waals surface area contributed by atoms with Gasteiger partial charge in [-0.2, -0.15) is 0 Å². The Morgan fingerprint density at radius 2 is 1.95 bits per heavy atom. The third kappa shape index (κ3) is 3.21. The molecule has 21 heavy (non-hydrogen) atoms. The van der Waals surface area contributed by atoms with E-state index in [-0.39, 0.29) is 17.2 Å². The summed E-state index contributed by atoms with van der Waals surface area (Å²) in [4.78, 5) is 12.3. The number of rotatable bonds is 3. The lowest BCUT2D eigenvalue weighted by Crippen LogP contribution is -2.15. The molecule has 2 N–H and O–H groups in total. The predicted molar refractivity (Wildman–Crippen MR) is 81.3 cm³/mol. The summed E-state index contributed by atoms with van der Waals surface area (Å²) in [7, 11) is 0. The van der Waals surface area contributed by atoms with Crippen molar-refractivity contribution in [1.82, 2.24) is 0 Å². The van der Waals surface area contributed by atoms with Crippen molar-refractivity contribution in [2.24, 2.45) is 0 Å². The maximum absolute atomic E-state index is 13.2. The van der Waals surface area contributed by atoms with E-state index < -0.39 is 11.7 Å². The predicted octanol–water partition coefficient (Wildman–Crippen LogP) is 4.22. The number of aromatic hydroxyl groups is 1. The summed E-state index contributed by atoms with van der Waals surface area (Å²) >= 11 is 0. The number of aryl methyl sites for hydroxylation is 1. The molecule has 2 aromatic rings. The second kappa shape index (κ2) is 5.95. The molecule has 3 nitrogen and oxygen atoms in total. The molecule has 0 fully saturated rings. The number of benzene rings is 2. The zero-order valence-electron chi connectivity index (χ0n) is 12.3. The van der Waals surface area contributed by atoms with Crippen LogP contribution < -0.4 is 5.32 Å². The molecule has 110 valence electrons. The van der Waals surface area contributed by atoms with Crippen LogP contribution in [0.3, 0.4) is 0 Å². The fourth-order valence-electron chi connectivity index (χ4n) is 2.21. The molecule has 0 bridgehead atoms. The van der Waals surface area contributed by atoms with E-state index in [2.05, 4.69) is 5.32 Å². The molecule has 4 heteroatoms. The summed E-state index contributed by atoms with van der Waals surface area (Å²) < 4.78 is 13.2. The summed E-state index contributed by atoms with van der Waals surface area (Å²) in [5.41, 5.74) is 2.55. The minimum Gasteiger partial charge on any atom is -0.507 e. The lowest BCUT2D eigenvalue weighted by molar-refractivity contribution is 0.102. The molecule has 0 saturated heterocycles. The standard InChI is InChI=1S/C17H18FNO2/c1-10(2)13-6-4-5-11(3)16(13)19-17(21)14-9-12(18)7-8-15(14)20/h4-10,20H,1-3H3,(H,19,21). The third-order valence-corrected chi connectivity index (χ3v) is 3.37. The van der Waals surface area contributed by atoms with Gasteiger partial charge in [-0.05, 0) is 42.2 Å². The number of anilines is 1. The maximum atomic E-state index is 13.2. The molecule has 0 aliphatic carbocycles. The second-order valence-electron chi connectivity index (χ2n) is 5.31. The minimum absolute atomic E-state index is 0.0760. The Morgan fingerprint density at radius 1 is 1.24 bits per heavy atom. The number of halogens is 1. The number of carbonyl (C=O) groups excluding carboxylic acids is 1. The Balaban J connectivity index is 2.38. The van der Waals surface area contributed by atoms with Crippen molar-refractivity contribution in [3.63, 3.8) is 0 Å². The van der Waals surface area contributed by atoms with Gasteiger partial charge in [-0.15, -0.1) is 0 Å². The average molecular weight is 287 g/mol. The molecule has 0 unspecified atom stereocenters. The molecule has 1 amide bonds. The third-order valence-electron chi connectivity index (χ3n) is 3.37. The zero-order valence-corrected chi connectivity index (χ0v) is 12.3. The Labute approximate surface area is 123 Å². The largest absolute Gasteiger partial charge is 0.507 e. The second-order valence-corrected chi connectivity index (χ2v) is 5.31. The lowest BCUT2D eigenvalue weighted by atomic mass is 9.98. The van der Waals surface area contributed by atoms with Crippen molar-refractivity contribution in [2.45, 2.75) is 26.7 Å². The first kappa shape index (κ1) is 15.0. The Morgan fingerprint density at radius 3 is 2.62 bits per heavy atom. The first-order chi connectivity index (χ1) is 9.90.